The van der Waals surface area contributed by atoms with Gasteiger partial charge in [-0.05, 0) is 45.1 Å². The minimum Gasteiger partial charge on any atom is -0.409 e. The lowest BCUT2D eigenvalue weighted by Gasteiger charge is -2.08. The third-order valence-corrected chi connectivity index (χ3v) is 6.60. The third kappa shape index (κ3) is 3.96. The highest BCUT2D eigenvalue weighted by Crippen LogP contribution is 2.29. The molecule has 0 atom stereocenters. The number of hydrogen-bond donors (Lipinski definition) is 3. The van der Waals surface area contributed by atoms with Crippen molar-refractivity contribution in [3.8, 4) is 0 Å². The van der Waals surface area contributed by atoms with Crippen LogP contribution < -0.4 is 10.5 Å². The van der Waals surface area contributed by atoms with Crippen LogP contribution in [-0.4, -0.2) is 19.5 Å². The maximum Gasteiger partial charge on any atom is 0.272 e. The predicted octanol–water partition coefficient (Wildman–Crippen LogP) is 2.60. The van der Waals surface area contributed by atoms with Crippen molar-refractivity contribution in [1.29, 1.82) is 0 Å². The lowest BCUT2D eigenvalue weighted by Crippen LogP contribution is -2.15. The standard InChI is InChI=1S/C12H12BrN3O3S2/c13-10-5-6-20-12(10)21(18,19)16-9-3-1-8(2-4-9)7-11(14)15-17/h1-6,16-17H,7H2,(H2,14,15). The van der Waals surface area contributed by atoms with E-state index < -0.39 is 10.0 Å². The van der Waals surface area contributed by atoms with E-state index in [9.17, 15) is 8.42 Å². The first-order valence-electron chi connectivity index (χ1n) is 5.73. The van der Waals surface area contributed by atoms with Crippen LogP contribution in [0.2, 0.25) is 0 Å². The Morgan fingerprint density at radius 3 is 2.52 bits per heavy atom. The SMILES string of the molecule is NC(Cc1ccc(NS(=O)(=O)c2sccc2Br)cc1)=NO. The van der Waals surface area contributed by atoms with Crippen molar-refractivity contribution in [3.05, 3.63) is 45.7 Å². The zero-order valence-corrected chi connectivity index (χ0v) is 13.9. The summed E-state index contributed by atoms with van der Waals surface area (Å²) in [6.45, 7) is 0. The van der Waals surface area contributed by atoms with Crippen LogP contribution in [0.1, 0.15) is 5.56 Å². The number of nitrogens with zero attached hydrogens (tertiary/aromatic N) is 1. The highest BCUT2D eigenvalue weighted by molar-refractivity contribution is 9.10. The van der Waals surface area contributed by atoms with Crippen LogP contribution in [0.5, 0.6) is 0 Å². The molecule has 2 rings (SSSR count). The molecular weight excluding hydrogens is 378 g/mol. The molecule has 4 N–H and O–H groups in total. The number of sulfonamides is 1. The van der Waals surface area contributed by atoms with Crippen molar-refractivity contribution in [2.24, 2.45) is 10.9 Å². The van der Waals surface area contributed by atoms with Crippen molar-refractivity contribution in [1.82, 2.24) is 0 Å². The van der Waals surface area contributed by atoms with Crippen molar-refractivity contribution in [2.75, 3.05) is 4.72 Å². The van der Waals surface area contributed by atoms with E-state index in [0.29, 0.717) is 16.6 Å². The first-order valence-corrected chi connectivity index (χ1v) is 8.89. The average Bonchev–Trinajstić information content (AvgIpc) is 2.87. The van der Waals surface area contributed by atoms with E-state index >= 15 is 0 Å². The number of halogens is 1. The van der Waals surface area contributed by atoms with Gasteiger partial charge in [-0.25, -0.2) is 8.42 Å². The van der Waals surface area contributed by atoms with Gasteiger partial charge in [0.1, 0.15) is 5.84 Å². The summed E-state index contributed by atoms with van der Waals surface area (Å²) in [6.07, 6.45) is 0.292. The number of anilines is 1. The minimum atomic E-state index is -3.61. The van der Waals surface area contributed by atoms with Crippen LogP contribution in [0.3, 0.4) is 0 Å². The Kier molecular flexibility index (Phi) is 4.86. The molecule has 6 nitrogen and oxygen atoms in total. The fourth-order valence-electron chi connectivity index (χ4n) is 1.61. The Morgan fingerprint density at radius 2 is 2.00 bits per heavy atom. The molecule has 0 aliphatic carbocycles. The number of thiophene rings is 1. The van der Waals surface area contributed by atoms with Gasteiger partial charge in [-0.2, -0.15) is 0 Å². The second kappa shape index (κ2) is 6.46. The summed E-state index contributed by atoms with van der Waals surface area (Å²) in [4.78, 5) is 0. The summed E-state index contributed by atoms with van der Waals surface area (Å²) in [7, 11) is -3.61. The molecule has 0 aliphatic rings. The van der Waals surface area contributed by atoms with Gasteiger partial charge < -0.3 is 10.9 Å². The number of nitrogens with one attached hydrogen (secondary N) is 1. The number of benzene rings is 1. The maximum atomic E-state index is 12.2. The fourth-order valence-corrected chi connectivity index (χ4v) is 5.01. The number of amidine groups is 1. The van der Waals surface area contributed by atoms with Gasteiger partial charge in [0, 0.05) is 16.6 Å². The van der Waals surface area contributed by atoms with E-state index in [-0.39, 0.29) is 10.0 Å². The molecular formula is C12H12BrN3O3S2. The quantitative estimate of drug-likeness (QED) is 0.316. The summed E-state index contributed by atoms with van der Waals surface area (Å²) < 4.78 is 27.6. The Bertz CT molecular complexity index is 754. The molecule has 1 aromatic carbocycles. The molecule has 0 saturated heterocycles. The van der Waals surface area contributed by atoms with Crippen LogP contribution in [0.15, 0.2) is 49.5 Å². The summed E-state index contributed by atoms with van der Waals surface area (Å²) in [5.74, 6) is 0.0887. The molecule has 0 saturated carbocycles. The van der Waals surface area contributed by atoms with E-state index in [4.69, 9.17) is 10.9 Å². The van der Waals surface area contributed by atoms with E-state index in [2.05, 4.69) is 25.8 Å². The number of oxime groups is 1. The summed E-state index contributed by atoms with van der Waals surface area (Å²) in [6, 6.07) is 8.34. The van der Waals surface area contributed by atoms with Crippen LogP contribution >= 0.6 is 27.3 Å². The third-order valence-electron chi connectivity index (χ3n) is 2.55. The van der Waals surface area contributed by atoms with Gasteiger partial charge >= 0.3 is 0 Å². The smallest absolute Gasteiger partial charge is 0.272 e. The molecule has 0 radical (unpaired) electrons. The predicted molar refractivity (Wildman–Crippen MR) is 86.4 cm³/mol. The topological polar surface area (TPSA) is 105 Å². The molecule has 1 aromatic heterocycles. The molecule has 21 heavy (non-hydrogen) atoms. The summed E-state index contributed by atoms with van der Waals surface area (Å²) >= 11 is 4.34. The second-order valence-electron chi connectivity index (χ2n) is 4.13. The van der Waals surface area contributed by atoms with Gasteiger partial charge in [-0.3, -0.25) is 4.72 Å². The molecule has 0 unspecified atom stereocenters. The monoisotopic (exact) mass is 389 g/mol. The van der Waals surface area contributed by atoms with Gasteiger partial charge in [0.2, 0.25) is 0 Å². The average molecular weight is 390 g/mol. The highest BCUT2D eigenvalue weighted by atomic mass is 79.9. The number of nitrogens with two attached hydrogens (primary N) is 1. The maximum absolute atomic E-state index is 12.2. The minimum absolute atomic E-state index is 0.0887. The highest BCUT2D eigenvalue weighted by Gasteiger charge is 2.19. The Hall–Kier alpha value is -1.58. The molecule has 0 amide bonds. The van der Waals surface area contributed by atoms with Crippen LogP contribution in [-0.2, 0) is 16.4 Å². The molecule has 0 fully saturated rings. The van der Waals surface area contributed by atoms with Gasteiger partial charge in [0.05, 0.1) is 0 Å². The zero-order chi connectivity index (χ0) is 15.5. The normalized spacial score (nSPS) is 12.3. The molecule has 0 bridgehead atoms. The lowest BCUT2D eigenvalue weighted by molar-refractivity contribution is 0.317. The molecule has 0 aliphatic heterocycles. The zero-order valence-electron chi connectivity index (χ0n) is 10.7. The van der Waals surface area contributed by atoms with E-state index in [0.717, 1.165) is 16.9 Å². The number of hydrogen-bond acceptors (Lipinski definition) is 5. The second-order valence-corrected chi connectivity index (χ2v) is 7.77. The van der Waals surface area contributed by atoms with Gasteiger partial charge in [0.15, 0.2) is 4.21 Å². The molecule has 112 valence electrons. The van der Waals surface area contributed by atoms with Crippen molar-refractivity contribution in [3.63, 3.8) is 0 Å². The fraction of sp³-hybridized carbons (Fsp3) is 0.0833. The Balaban J connectivity index is 2.15. The first-order chi connectivity index (χ1) is 9.92. The molecule has 0 spiro atoms. The molecule has 1 heterocycles. The van der Waals surface area contributed by atoms with E-state index in [1.165, 1.54) is 0 Å². The Morgan fingerprint density at radius 1 is 1.33 bits per heavy atom. The van der Waals surface area contributed by atoms with Gasteiger partial charge in [-0.1, -0.05) is 17.3 Å². The summed E-state index contributed by atoms with van der Waals surface area (Å²) in [5.41, 5.74) is 6.66. The summed E-state index contributed by atoms with van der Waals surface area (Å²) in [5, 5.41) is 13.1. The van der Waals surface area contributed by atoms with Crippen LogP contribution in [0.4, 0.5) is 5.69 Å². The van der Waals surface area contributed by atoms with E-state index in [1.54, 1.807) is 35.7 Å². The van der Waals surface area contributed by atoms with Crippen molar-refractivity contribution in [2.45, 2.75) is 10.6 Å². The van der Waals surface area contributed by atoms with Crippen LogP contribution in [0, 0.1) is 0 Å². The van der Waals surface area contributed by atoms with Crippen molar-refractivity contribution < 1.29 is 13.6 Å². The first kappa shape index (κ1) is 15.8. The van der Waals surface area contributed by atoms with Crippen molar-refractivity contribution >= 4 is 48.8 Å². The molecule has 2 aromatic rings. The van der Waals surface area contributed by atoms with E-state index in [1.807, 2.05) is 0 Å². The number of rotatable bonds is 5. The van der Waals surface area contributed by atoms with Gasteiger partial charge in [-0.15, -0.1) is 11.3 Å². The van der Waals surface area contributed by atoms with Crippen LogP contribution in [0.25, 0.3) is 0 Å². The lowest BCUT2D eigenvalue weighted by atomic mass is 10.1. The van der Waals surface area contributed by atoms with Gasteiger partial charge in [0.25, 0.3) is 10.0 Å². The Labute approximate surface area is 134 Å². The largest absolute Gasteiger partial charge is 0.409 e. The molecule has 9 heteroatoms.